The number of hydroxylamine groups is 1. The second-order valence-electron chi connectivity index (χ2n) is 4.80. The van der Waals surface area contributed by atoms with Gasteiger partial charge in [-0.15, -0.1) is 0 Å². The van der Waals surface area contributed by atoms with Crippen LogP contribution in [0.4, 0.5) is 13.2 Å². The second kappa shape index (κ2) is 5.68. The van der Waals surface area contributed by atoms with Crippen molar-refractivity contribution < 1.29 is 22.8 Å². The van der Waals surface area contributed by atoms with Gasteiger partial charge in [0.2, 0.25) is 0 Å². The molecule has 0 spiro atoms. The number of aromatic nitrogens is 1. The van der Waals surface area contributed by atoms with Crippen molar-refractivity contribution in [1.29, 1.82) is 0 Å². The Hall–Kier alpha value is -2.96. The van der Waals surface area contributed by atoms with Crippen molar-refractivity contribution in [2.24, 2.45) is 0 Å². The number of amides is 1. The van der Waals surface area contributed by atoms with Gasteiger partial charge < -0.3 is 9.82 Å². The Morgan fingerprint density at radius 2 is 1.78 bits per heavy atom. The molecule has 1 amide bonds. The SMILES string of the molecule is O=C(NOc1cccc2[nH]c(C(F)(F)F)cc12)c1ccccc1. The number of hydrogen-bond donors (Lipinski definition) is 2. The molecule has 3 rings (SSSR count). The Labute approximate surface area is 128 Å². The Kier molecular flexibility index (Phi) is 3.69. The van der Waals surface area contributed by atoms with Crippen LogP contribution in [0.25, 0.3) is 10.9 Å². The van der Waals surface area contributed by atoms with Gasteiger partial charge in [0.05, 0.1) is 0 Å². The smallest absolute Gasteiger partial charge is 0.379 e. The molecule has 0 saturated carbocycles. The van der Waals surface area contributed by atoms with Gasteiger partial charge >= 0.3 is 6.18 Å². The average molecular weight is 320 g/mol. The van der Waals surface area contributed by atoms with E-state index in [2.05, 4.69) is 10.5 Å². The molecule has 0 unspecified atom stereocenters. The van der Waals surface area contributed by atoms with Crippen molar-refractivity contribution in [3.05, 3.63) is 65.9 Å². The van der Waals surface area contributed by atoms with Gasteiger partial charge in [-0.1, -0.05) is 24.3 Å². The highest BCUT2D eigenvalue weighted by Crippen LogP contribution is 2.34. The molecule has 2 N–H and O–H groups in total. The maximum absolute atomic E-state index is 12.8. The van der Waals surface area contributed by atoms with Crippen LogP contribution in [0.15, 0.2) is 54.6 Å². The molecular weight excluding hydrogens is 309 g/mol. The van der Waals surface area contributed by atoms with Crippen LogP contribution >= 0.6 is 0 Å². The van der Waals surface area contributed by atoms with E-state index in [9.17, 15) is 18.0 Å². The summed E-state index contributed by atoms with van der Waals surface area (Å²) in [4.78, 5) is 19.3. The molecule has 1 aromatic heterocycles. The number of halogens is 3. The summed E-state index contributed by atoms with van der Waals surface area (Å²) >= 11 is 0. The topological polar surface area (TPSA) is 54.1 Å². The molecule has 3 aromatic rings. The zero-order valence-corrected chi connectivity index (χ0v) is 11.6. The fraction of sp³-hybridized carbons (Fsp3) is 0.0625. The van der Waals surface area contributed by atoms with Crippen LogP contribution in [-0.4, -0.2) is 10.9 Å². The number of rotatable bonds is 3. The van der Waals surface area contributed by atoms with E-state index < -0.39 is 17.8 Å². The van der Waals surface area contributed by atoms with Gasteiger partial charge in [-0.25, -0.2) is 0 Å². The molecule has 4 nitrogen and oxygen atoms in total. The van der Waals surface area contributed by atoms with Crippen molar-refractivity contribution in [1.82, 2.24) is 10.5 Å². The predicted octanol–water partition coefficient (Wildman–Crippen LogP) is 3.91. The summed E-state index contributed by atoms with van der Waals surface area (Å²) in [6.07, 6.45) is -4.48. The first-order chi connectivity index (χ1) is 10.9. The number of carbonyl (C=O) groups is 1. The van der Waals surface area contributed by atoms with Gasteiger partial charge in [0.15, 0.2) is 5.75 Å². The molecule has 118 valence electrons. The molecule has 0 atom stereocenters. The third-order valence-electron chi connectivity index (χ3n) is 3.22. The minimum absolute atomic E-state index is 0.124. The van der Waals surface area contributed by atoms with Crippen LogP contribution in [0.1, 0.15) is 16.1 Å². The highest BCUT2D eigenvalue weighted by atomic mass is 19.4. The summed E-state index contributed by atoms with van der Waals surface area (Å²) in [5.41, 5.74) is 1.99. The van der Waals surface area contributed by atoms with Crippen molar-refractivity contribution >= 4 is 16.8 Å². The molecule has 0 fully saturated rings. The van der Waals surface area contributed by atoms with Gasteiger partial charge in [0.1, 0.15) is 5.69 Å². The third-order valence-corrected chi connectivity index (χ3v) is 3.22. The van der Waals surface area contributed by atoms with Crippen LogP contribution in [0.5, 0.6) is 5.75 Å². The Morgan fingerprint density at radius 3 is 2.48 bits per heavy atom. The summed E-state index contributed by atoms with van der Waals surface area (Å²) < 4.78 is 38.3. The monoisotopic (exact) mass is 320 g/mol. The first kappa shape index (κ1) is 15.0. The van der Waals surface area contributed by atoms with Crippen LogP contribution in [0.2, 0.25) is 0 Å². The van der Waals surface area contributed by atoms with E-state index in [-0.39, 0.29) is 16.7 Å². The summed E-state index contributed by atoms with van der Waals surface area (Å²) in [6, 6.07) is 13.8. The number of H-pyrrole nitrogens is 1. The molecule has 0 aliphatic carbocycles. The van der Waals surface area contributed by atoms with E-state index in [4.69, 9.17) is 4.84 Å². The summed E-state index contributed by atoms with van der Waals surface area (Å²) in [5.74, 6) is -0.368. The quantitative estimate of drug-likeness (QED) is 0.719. The van der Waals surface area contributed by atoms with Crippen LogP contribution in [-0.2, 0) is 6.18 Å². The number of fused-ring (bicyclic) bond motifs is 1. The number of carbonyl (C=O) groups excluding carboxylic acids is 1. The van der Waals surface area contributed by atoms with E-state index in [0.717, 1.165) is 6.07 Å². The second-order valence-corrected chi connectivity index (χ2v) is 4.80. The van der Waals surface area contributed by atoms with Gasteiger partial charge in [0, 0.05) is 16.5 Å². The Bertz CT molecular complexity index is 841. The van der Waals surface area contributed by atoms with E-state index >= 15 is 0 Å². The fourth-order valence-corrected chi connectivity index (χ4v) is 2.12. The highest BCUT2D eigenvalue weighted by molar-refractivity contribution is 5.94. The largest absolute Gasteiger partial charge is 0.431 e. The van der Waals surface area contributed by atoms with Gasteiger partial charge in [-0.2, -0.15) is 18.7 Å². The average Bonchev–Trinajstić information content (AvgIpc) is 2.98. The molecule has 1 heterocycles. The van der Waals surface area contributed by atoms with Gasteiger partial charge in [-0.3, -0.25) is 4.79 Å². The van der Waals surface area contributed by atoms with Crippen molar-refractivity contribution in [2.75, 3.05) is 0 Å². The Balaban J connectivity index is 1.83. The first-order valence-electron chi connectivity index (χ1n) is 6.66. The van der Waals surface area contributed by atoms with E-state index in [1.54, 1.807) is 30.3 Å². The van der Waals surface area contributed by atoms with E-state index in [1.165, 1.54) is 18.2 Å². The lowest BCUT2D eigenvalue weighted by Crippen LogP contribution is -2.26. The fourth-order valence-electron chi connectivity index (χ4n) is 2.12. The number of benzene rings is 2. The van der Waals surface area contributed by atoms with Crippen LogP contribution in [0, 0.1) is 0 Å². The first-order valence-corrected chi connectivity index (χ1v) is 6.66. The zero-order valence-electron chi connectivity index (χ0n) is 11.6. The summed E-state index contributed by atoms with van der Waals surface area (Å²) in [5, 5.41) is 0.230. The number of hydrogen-bond acceptors (Lipinski definition) is 2. The predicted molar refractivity (Wildman–Crippen MR) is 77.8 cm³/mol. The normalized spacial score (nSPS) is 11.4. The van der Waals surface area contributed by atoms with Crippen LogP contribution in [0.3, 0.4) is 0 Å². The zero-order chi connectivity index (χ0) is 16.4. The molecule has 0 aliphatic heterocycles. The van der Waals surface area contributed by atoms with E-state index in [0.29, 0.717) is 5.56 Å². The molecule has 2 aromatic carbocycles. The lowest BCUT2D eigenvalue weighted by molar-refractivity contribution is -0.140. The van der Waals surface area contributed by atoms with Crippen molar-refractivity contribution in [2.45, 2.75) is 6.18 Å². The highest BCUT2D eigenvalue weighted by Gasteiger charge is 2.33. The standard InChI is InChI=1S/C16H11F3N2O2/c17-16(18,19)14-9-11-12(20-14)7-4-8-13(11)23-21-15(22)10-5-2-1-3-6-10/h1-9,20H,(H,21,22). The molecule has 0 bridgehead atoms. The van der Waals surface area contributed by atoms with Crippen molar-refractivity contribution in [3.8, 4) is 5.75 Å². The summed E-state index contributed by atoms with van der Waals surface area (Å²) in [7, 11) is 0. The molecule has 23 heavy (non-hydrogen) atoms. The maximum Gasteiger partial charge on any atom is 0.431 e. The third kappa shape index (κ3) is 3.13. The minimum Gasteiger partial charge on any atom is -0.379 e. The molecule has 0 saturated heterocycles. The lowest BCUT2D eigenvalue weighted by Gasteiger charge is -2.07. The van der Waals surface area contributed by atoms with Crippen LogP contribution < -0.4 is 10.3 Å². The van der Waals surface area contributed by atoms with Gasteiger partial charge in [-0.05, 0) is 30.3 Å². The molecular formula is C16H11F3N2O2. The molecule has 0 aliphatic rings. The van der Waals surface area contributed by atoms with Gasteiger partial charge in [0.25, 0.3) is 5.91 Å². The van der Waals surface area contributed by atoms with E-state index in [1.807, 2.05) is 0 Å². The number of alkyl halides is 3. The summed E-state index contributed by atoms with van der Waals surface area (Å²) in [6.45, 7) is 0. The maximum atomic E-state index is 12.8. The molecule has 7 heteroatoms. The Morgan fingerprint density at radius 1 is 1.04 bits per heavy atom. The lowest BCUT2D eigenvalue weighted by atomic mass is 10.2. The number of nitrogens with one attached hydrogen (secondary N) is 2. The number of aromatic amines is 1. The minimum atomic E-state index is -4.48. The van der Waals surface area contributed by atoms with Crippen molar-refractivity contribution in [3.63, 3.8) is 0 Å². The molecule has 0 radical (unpaired) electrons.